The van der Waals surface area contributed by atoms with Crippen molar-refractivity contribution in [2.75, 3.05) is 26.4 Å². The van der Waals surface area contributed by atoms with Crippen LogP contribution in [0.1, 0.15) is 194 Å². The Bertz CT molecular complexity index is 875. The molecule has 10 nitrogen and oxygen atoms in total. The zero-order valence-corrected chi connectivity index (χ0v) is 36.4. The topological polar surface area (TPSA) is 152 Å². The molecular formula is C40H76NaO10P. The second-order valence-electron chi connectivity index (χ2n) is 14.0. The fourth-order valence-corrected chi connectivity index (χ4v) is 6.47. The normalized spacial score (nSPS) is 13.8. The summed E-state index contributed by atoms with van der Waals surface area (Å²) < 4.78 is 32.3. The first-order valence-electron chi connectivity index (χ1n) is 20.6. The molecule has 0 heterocycles. The summed E-state index contributed by atoms with van der Waals surface area (Å²) >= 11 is 0. The summed E-state index contributed by atoms with van der Waals surface area (Å²) in [6.07, 6.45) is 32.9. The van der Waals surface area contributed by atoms with E-state index in [1.54, 1.807) is 0 Å². The summed E-state index contributed by atoms with van der Waals surface area (Å²) in [4.78, 5) is 37.0. The van der Waals surface area contributed by atoms with E-state index in [0.29, 0.717) is 12.8 Å². The van der Waals surface area contributed by atoms with Gasteiger partial charge in [0.05, 0.1) is 19.8 Å². The van der Waals surface area contributed by atoms with Gasteiger partial charge in [-0.2, -0.15) is 0 Å². The number of hydrogen-bond donors (Lipinski definition) is 2. The molecule has 0 bridgehead atoms. The molecule has 0 spiro atoms. The molecular weight excluding hydrogens is 694 g/mol. The third kappa shape index (κ3) is 39.4. The molecule has 12 heteroatoms. The maximum absolute atomic E-state index is 12.6. The van der Waals surface area contributed by atoms with Crippen molar-refractivity contribution in [1.29, 1.82) is 0 Å². The summed E-state index contributed by atoms with van der Waals surface area (Å²) in [5.41, 5.74) is 0. The van der Waals surface area contributed by atoms with Crippen LogP contribution in [0.2, 0.25) is 0 Å². The van der Waals surface area contributed by atoms with Gasteiger partial charge in [-0.15, -0.1) is 0 Å². The predicted octanol–water partition coefficient (Wildman–Crippen LogP) is 6.82. The van der Waals surface area contributed by atoms with Crippen molar-refractivity contribution in [2.45, 2.75) is 206 Å². The van der Waals surface area contributed by atoms with E-state index in [0.717, 1.165) is 57.8 Å². The number of carbonyl (C=O) groups is 2. The third-order valence-corrected chi connectivity index (χ3v) is 9.84. The first kappa shape index (κ1) is 53.8. The van der Waals surface area contributed by atoms with Crippen LogP contribution in [-0.4, -0.2) is 60.8 Å². The Morgan fingerprint density at radius 3 is 1.42 bits per heavy atom. The number of esters is 2. The monoisotopic (exact) mass is 771 g/mol. The first-order chi connectivity index (χ1) is 24.7. The predicted molar refractivity (Wildman–Crippen MR) is 203 cm³/mol. The van der Waals surface area contributed by atoms with Gasteiger partial charge in [-0.05, 0) is 38.5 Å². The van der Waals surface area contributed by atoms with Crippen LogP contribution in [-0.2, 0) is 32.7 Å². The Kier molecular flexibility index (Phi) is 41.8. The average molecular weight is 771 g/mol. The van der Waals surface area contributed by atoms with Gasteiger partial charge in [0.1, 0.15) is 12.7 Å². The molecule has 0 saturated heterocycles. The largest absolute Gasteiger partial charge is 1.00 e. The Labute approximate surface area is 339 Å². The standard InChI is InChI=1S/C40H77O10P.Na/c1-3-5-7-9-11-13-15-17-18-20-22-24-26-28-30-32-40(44)50-38(36-49-51(45,46)48-34-37(42)33-41)35-47-39(43)31-29-27-25-23-21-19-16-14-12-10-8-6-4-2;/h17-18,37-38,41-42H,3-16,19-36H2,1-2H3,(H,45,46);/q;+1/p-1/b18-17+;/t37?,38-;/m1./s1. The number of phosphoric ester groups is 1. The van der Waals surface area contributed by atoms with E-state index in [-0.39, 0.29) is 49.0 Å². The van der Waals surface area contributed by atoms with Gasteiger partial charge in [0.15, 0.2) is 6.10 Å². The zero-order chi connectivity index (χ0) is 37.7. The molecule has 0 aromatic heterocycles. The van der Waals surface area contributed by atoms with Crippen LogP contribution in [0.4, 0.5) is 0 Å². The molecule has 3 atom stereocenters. The molecule has 0 rings (SSSR count). The molecule has 0 aliphatic heterocycles. The Morgan fingerprint density at radius 2 is 0.981 bits per heavy atom. The van der Waals surface area contributed by atoms with E-state index in [2.05, 4.69) is 30.5 Å². The molecule has 0 fully saturated rings. The van der Waals surface area contributed by atoms with E-state index in [9.17, 15) is 24.2 Å². The Morgan fingerprint density at radius 1 is 0.596 bits per heavy atom. The van der Waals surface area contributed by atoms with Crippen molar-refractivity contribution in [3.63, 3.8) is 0 Å². The van der Waals surface area contributed by atoms with Crippen molar-refractivity contribution >= 4 is 19.8 Å². The molecule has 0 aromatic rings. The quantitative estimate of drug-likeness (QED) is 0.0224. The molecule has 0 aromatic carbocycles. The minimum absolute atomic E-state index is 0. The third-order valence-electron chi connectivity index (χ3n) is 8.91. The van der Waals surface area contributed by atoms with Crippen LogP contribution in [0.3, 0.4) is 0 Å². The maximum atomic E-state index is 12.6. The molecule has 52 heavy (non-hydrogen) atoms. The maximum Gasteiger partial charge on any atom is 1.00 e. The summed E-state index contributed by atoms with van der Waals surface area (Å²) in [5.74, 6) is -0.963. The number of aliphatic hydroxyl groups is 2. The van der Waals surface area contributed by atoms with Gasteiger partial charge in [-0.25, -0.2) is 0 Å². The molecule has 0 aliphatic rings. The van der Waals surface area contributed by atoms with E-state index in [4.69, 9.17) is 19.1 Å². The van der Waals surface area contributed by atoms with Crippen molar-refractivity contribution in [3.05, 3.63) is 12.2 Å². The van der Waals surface area contributed by atoms with Crippen LogP contribution in [0.5, 0.6) is 0 Å². The van der Waals surface area contributed by atoms with E-state index >= 15 is 0 Å². The number of rotatable bonds is 39. The number of ether oxygens (including phenoxy) is 2. The second-order valence-corrected chi connectivity index (χ2v) is 15.4. The van der Waals surface area contributed by atoms with Crippen LogP contribution in [0, 0.1) is 0 Å². The Hall–Kier alpha value is -0.290. The molecule has 0 aliphatic carbocycles. The first-order valence-corrected chi connectivity index (χ1v) is 22.1. The van der Waals surface area contributed by atoms with Gasteiger partial charge in [0, 0.05) is 12.8 Å². The molecule has 0 amide bonds. The summed E-state index contributed by atoms with van der Waals surface area (Å²) in [5, 5.41) is 18.2. The average Bonchev–Trinajstić information content (AvgIpc) is 3.12. The van der Waals surface area contributed by atoms with Crippen molar-refractivity contribution in [3.8, 4) is 0 Å². The summed E-state index contributed by atoms with van der Waals surface area (Å²) in [6, 6.07) is 0. The van der Waals surface area contributed by atoms with Gasteiger partial charge in [-0.1, -0.05) is 154 Å². The summed E-state index contributed by atoms with van der Waals surface area (Å²) in [6.45, 7) is 2.19. The van der Waals surface area contributed by atoms with Gasteiger partial charge >= 0.3 is 41.5 Å². The fraction of sp³-hybridized carbons (Fsp3) is 0.900. The zero-order valence-electron chi connectivity index (χ0n) is 33.5. The van der Waals surface area contributed by atoms with Crippen molar-refractivity contribution < 1.29 is 77.3 Å². The fourth-order valence-electron chi connectivity index (χ4n) is 5.69. The smallest absolute Gasteiger partial charge is 0.756 e. The van der Waals surface area contributed by atoms with Gasteiger partial charge in [-0.3, -0.25) is 14.2 Å². The minimum atomic E-state index is -4.86. The number of carbonyl (C=O) groups excluding carboxylic acids is 2. The minimum Gasteiger partial charge on any atom is -0.756 e. The molecule has 0 radical (unpaired) electrons. The van der Waals surface area contributed by atoms with Gasteiger partial charge < -0.3 is 33.6 Å². The van der Waals surface area contributed by atoms with Crippen molar-refractivity contribution in [1.82, 2.24) is 0 Å². The number of hydrogen-bond acceptors (Lipinski definition) is 10. The number of allylic oxidation sites excluding steroid dienone is 2. The molecule has 2 unspecified atom stereocenters. The van der Waals surface area contributed by atoms with Crippen LogP contribution >= 0.6 is 7.82 Å². The number of phosphoric acid groups is 1. The van der Waals surface area contributed by atoms with Crippen molar-refractivity contribution in [2.24, 2.45) is 0 Å². The van der Waals surface area contributed by atoms with E-state index in [1.165, 1.54) is 96.3 Å². The Balaban J connectivity index is 0. The number of aliphatic hydroxyl groups excluding tert-OH is 2. The van der Waals surface area contributed by atoms with Gasteiger partial charge in [0.25, 0.3) is 7.82 Å². The van der Waals surface area contributed by atoms with E-state index < -0.39 is 51.8 Å². The summed E-state index contributed by atoms with van der Waals surface area (Å²) in [7, 11) is -4.86. The second kappa shape index (κ2) is 40.4. The SMILES string of the molecule is CCCCCCCC/C=C/CCCCCCCC(=O)O[C@H](COC(=O)CCCCCCCCCCCCCCC)COP(=O)([O-])OCC(O)CO.[Na+]. The molecule has 2 N–H and O–H groups in total. The molecule has 302 valence electrons. The molecule has 0 saturated carbocycles. The van der Waals surface area contributed by atoms with E-state index in [1.807, 2.05) is 0 Å². The van der Waals surface area contributed by atoms with Crippen LogP contribution < -0.4 is 34.5 Å². The number of unbranched alkanes of at least 4 members (excludes halogenated alkanes) is 23. The van der Waals surface area contributed by atoms with Crippen LogP contribution in [0.25, 0.3) is 0 Å². The van der Waals surface area contributed by atoms with Gasteiger partial charge in [0.2, 0.25) is 0 Å². The van der Waals surface area contributed by atoms with Crippen LogP contribution in [0.15, 0.2) is 12.2 Å².